The molecule has 62 valence electrons. The molecule has 0 atom stereocenters. The van der Waals surface area contributed by atoms with Gasteiger partial charge in [-0.2, -0.15) is 5.26 Å². The molecule has 1 rings (SSSR count). The molecule has 0 aliphatic carbocycles. The van der Waals surface area contributed by atoms with Crippen LogP contribution in [0.25, 0.3) is 0 Å². The number of rotatable bonds is 1. The molecule has 0 saturated carbocycles. The van der Waals surface area contributed by atoms with Crippen LogP contribution in [0.5, 0.6) is 11.5 Å². The largest absolute Gasteiger partial charge is 0.504 e. The summed E-state index contributed by atoms with van der Waals surface area (Å²) in [7, 11) is 0. The third-order valence-corrected chi connectivity index (χ3v) is 2.20. The Morgan fingerprint density at radius 3 is 2.67 bits per heavy atom. The second kappa shape index (κ2) is 3.46. The number of hydrogen-bond donors (Lipinski definition) is 2. The normalized spacial score (nSPS) is 9.33. The molecule has 0 saturated heterocycles. The molecule has 0 fully saturated rings. The van der Waals surface area contributed by atoms with Crippen LogP contribution in [0.1, 0.15) is 5.56 Å². The van der Waals surface area contributed by atoms with Gasteiger partial charge in [0.25, 0.3) is 0 Å². The highest BCUT2D eigenvalue weighted by molar-refractivity contribution is 9.10. The van der Waals surface area contributed by atoms with E-state index in [0.29, 0.717) is 10.0 Å². The van der Waals surface area contributed by atoms with E-state index in [2.05, 4.69) is 15.9 Å². The maximum absolute atomic E-state index is 9.28. The first-order valence-corrected chi connectivity index (χ1v) is 4.02. The molecule has 0 spiro atoms. The first-order chi connectivity index (χ1) is 5.66. The van der Waals surface area contributed by atoms with Crippen molar-refractivity contribution < 1.29 is 10.2 Å². The van der Waals surface area contributed by atoms with Crippen LogP contribution in [0.3, 0.4) is 0 Å². The van der Waals surface area contributed by atoms with Crippen LogP contribution in [0, 0.1) is 11.3 Å². The lowest BCUT2D eigenvalue weighted by atomic mass is 10.1. The van der Waals surface area contributed by atoms with E-state index in [1.165, 1.54) is 6.07 Å². The molecule has 0 aliphatic rings. The fourth-order valence-corrected chi connectivity index (χ4v) is 1.31. The Labute approximate surface area is 78.0 Å². The van der Waals surface area contributed by atoms with Crippen molar-refractivity contribution in [3.63, 3.8) is 0 Å². The number of nitriles is 1. The molecule has 4 heteroatoms. The minimum Gasteiger partial charge on any atom is -0.504 e. The molecular weight excluding hydrogens is 222 g/mol. The van der Waals surface area contributed by atoms with Crippen LogP contribution in [-0.2, 0) is 6.42 Å². The van der Waals surface area contributed by atoms with Gasteiger partial charge in [-0.25, -0.2) is 0 Å². The van der Waals surface area contributed by atoms with Crippen LogP contribution in [0.2, 0.25) is 0 Å². The first-order valence-electron chi connectivity index (χ1n) is 3.23. The lowest BCUT2D eigenvalue weighted by Gasteiger charge is -2.04. The summed E-state index contributed by atoms with van der Waals surface area (Å²) < 4.78 is 0.624. The van der Waals surface area contributed by atoms with Gasteiger partial charge in [-0.05, 0) is 12.1 Å². The highest BCUT2D eigenvalue weighted by Gasteiger charge is 2.09. The predicted octanol–water partition coefficient (Wildman–Crippen LogP) is 1.93. The zero-order valence-electron chi connectivity index (χ0n) is 6.08. The molecule has 3 nitrogen and oxygen atoms in total. The number of aromatic hydroxyl groups is 2. The van der Waals surface area contributed by atoms with Crippen molar-refractivity contribution in [3.05, 3.63) is 22.2 Å². The molecule has 12 heavy (non-hydrogen) atoms. The van der Waals surface area contributed by atoms with Gasteiger partial charge in [-0.3, -0.25) is 0 Å². The minimum absolute atomic E-state index is 0.0703. The molecule has 0 aliphatic heterocycles. The quantitative estimate of drug-likeness (QED) is 0.721. The molecule has 1 aromatic rings. The molecule has 0 amide bonds. The van der Waals surface area contributed by atoms with E-state index < -0.39 is 0 Å². The van der Waals surface area contributed by atoms with Crippen molar-refractivity contribution in [1.82, 2.24) is 0 Å². The summed E-state index contributed by atoms with van der Waals surface area (Å²) in [5.41, 5.74) is 0.414. The van der Waals surface area contributed by atoms with E-state index in [9.17, 15) is 5.11 Å². The van der Waals surface area contributed by atoms with E-state index in [1.54, 1.807) is 6.07 Å². The zero-order chi connectivity index (χ0) is 9.14. The SMILES string of the molecule is N#CCc1c(Br)ccc(O)c1O. The Morgan fingerprint density at radius 2 is 2.08 bits per heavy atom. The van der Waals surface area contributed by atoms with E-state index in [-0.39, 0.29) is 17.9 Å². The number of nitrogens with zero attached hydrogens (tertiary/aromatic N) is 1. The van der Waals surface area contributed by atoms with E-state index >= 15 is 0 Å². The van der Waals surface area contributed by atoms with Crippen molar-refractivity contribution in [2.75, 3.05) is 0 Å². The predicted molar refractivity (Wildman–Crippen MR) is 46.8 cm³/mol. The molecule has 0 bridgehead atoms. The lowest BCUT2D eigenvalue weighted by Crippen LogP contribution is -1.85. The van der Waals surface area contributed by atoms with Gasteiger partial charge in [-0.15, -0.1) is 0 Å². The fraction of sp³-hybridized carbons (Fsp3) is 0.125. The number of hydrogen-bond acceptors (Lipinski definition) is 3. The van der Waals surface area contributed by atoms with Crippen molar-refractivity contribution >= 4 is 15.9 Å². The highest BCUT2D eigenvalue weighted by Crippen LogP contribution is 2.34. The van der Waals surface area contributed by atoms with Gasteiger partial charge in [0.2, 0.25) is 0 Å². The van der Waals surface area contributed by atoms with Crippen molar-refractivity contribution in [3.8, 4) is 17.6 Å². The molecule has 2 N–H and O–H groups in total. The topological polar surface area (TPSA) is 64.2 Å². The summed E-state index contributed by atoms with van der Waals surface area (Å²) in [6, 6.07) is 4.84. The van der Waals surface area contributed by atoms with E-state index in [4.69, 9.17) is 10.4 Å². The molecule has 0 heterocycles. The van der Waals surface area contributed by atoms with Crippen molar-refractivity contribution in [2.24, 2.45) is 0 Å². The van der Waals surface area contributed by atoms with Gasteiger partial charge in [0, 0.05) is 10.0 Å². The van der Waals surface area contributed by atoms with Gasteiger partial charge in [0.15, 0.2) is 11.5 Å². The third-order valence-electron chi connectivity index (χ3n) is 1.46. The second-order valence-corrected chi connectivity index (χ2v) is 3.08. The standard InChI is InChI=1S/C8H6BrNO2/c9-6-1-2-7(11)8(12)5(6)3-4-10/h1-2,11-12H,3H2. The zero-order valence-corrected chi connectivity index (χ0v) is 7.67. The molecule has 0 unspecified atom stereocenters. The van der Waals surface area contributed by atoms with Crippen LogP contribution in [0.15, 0.2) is 16.6 Å². The fourth-order valence-electron chi connectivity index (χ4n) is 0.847. The van der Waals surface area contributed by atoms with Crippen molar-refractivity contribution in [2.45, 2.75) is 6.42 Å². The average molecular weight is 228 g/mol. The van der Waals surface area contributed by atoms with Gasteiger partial charge in [0.1, 0.15) is 0 Å². The van der Waals surface area contributed by atoms with Crippen LogP contribution >= 0.6 is 15.9 Å². The van der Waals surface area contributed by atoms with Gasteiger partial charge in [-0.1, -0.05) is 15.9 Å². The number of halogens is 1. The van der Waals surface area contributed by atoms with Crippen LogP contribution in [0.4, 0.5) is 0 Å². The Bertz CT molecular complexity index is 344. The second-order valence-electron chi connectivity index (χ2n) is 2.23. The summed E-state index contributed by atoms with van der Waals surface area (Å²) in [5, 5.41) is 26.7. The Hall–Kier alpha value is -1.21. The Kier molecular flexibility index (Phi) is 2.56. The molecule has 0 aromatic heterocycles. The summed E-state index contributed by atoms with van der Waals surface area (Å²) >= 11 is 3.16. The monoisotopic (exact) mass is 227 g/mol. The van der Waals surface area contributed by atoms with Gasteiger partial charge < -0.3 is 10.2 Å². The molecule has 0 radical (unpaired) electrons. The minimum atomic E-state index is -0.231. The molecule has 1 aromatic carbocycles. The maximum atomic E-state index is 9.28. The average Bonchev–Trinajstić information content (AvgIpc) is 2.06. The van der Waals surface area contributed by atoms with Crippen molar-refractivity contribution in [1.29, 1.82) is 5.26 Å². The van der Waals surface area contributed by atoms with Gasteiger partial charge in [0.05, 0.1) is 12.5 Å². The number of phenols is 2. The molecular formula is C8H6BrNO2. The van der Waals surface area contributed by atoms with Gasteiger partial charge >= 0.3 is 0 Å². The Morgan fingerprint density at radius 1 is 1.42 bits per heavy atom. The summed E-state index contributed by atoms with van der Waals surface area (Å²) in [6.45, 7) is 0. The van der Waals surface area contributed by atoms with Crippen LogP contribution < -0.4 is 0 Å². The summed E-state index contributed by atoms with van der Waals surface area (Å²) in [5.74, 6) is -0.436. The lowest BCUT2D eigenvalue weighted by molar-refractivity contribution is 0.400. The number of phenolic OH excluding ortho intramolecular Hbond substituents is 2. The smallest absolute Gasteiger partial charge is 0.162 e. The van der Waals surface area contributed by atoms with Crippen LogP contribution in [-0.4, -0.2) is 10.2 Å². The third kappa shape index (κ3) is 1.51. The summed E-state index contributed by atoms with van der Waals surface area (Å²) in [4.78, 5) is 0. The van der Waals surface area contributed by atoms with E-state index in [1.807, 2.05) is 6.07 Å². The highest BCUT2D eigenvalue weighted by atomic mass is 79.9. The first kappa shape index (κ1) is 8.88. The Balaban J connectivity index is 3.25. The summed E-state index contributed by atoms with van der Waals surface area (Å²) in [6.07, 6.45) is 0.0703. The van der Waals surface area contributed by atoms with E-state index in [0.717, 1.165) is 0 Å². The number of benzene rings is 1. The maximum Gasteiger partial charge on any atom is 0.162 e.